The molecule has 0 saturated carbocycles. The van der Waals surface area contributed by atoms with Gasteiger partial charge >= 0.3 is 5.63 Å². The van der Waals surface area contributed by atoms with Gasteiger partial charge in [-0.15, -0.1) is 0 Å². The first-order chi connectivity index (χ1) is 13.8. The van der Waals surface area contributed by atoms with Gasteiger partial charge < -0.3 is 18.7 Å². The molecule has 7 heteroatoms. The maximum Gasteiger partial charge on any atom is 0.343 e. The van der Waals surface area contributed by atoms with Gasteiger partial charge in [0, 0.05) is 27.1 Å². The van der Waals surface area contributed by atoms with E-state index < -0.39 is 5.63 Å². The van der Waals surface area contributed by atoms with E-state index in [0.29, 0.717) is 39.3 Å². The number of hydrogen-bond donors (Lipinski definition) is 1. The zero-order valence-electron chi connectivity index (χ0n) is 15.6. The van der Waals surface area contributed by atoms with Crippen molar-refractivity contribution in [2.75, 3.05) is 0 Å². The molecule has 29 heavy (non-hydrogen) atoms. The van der Waals surface area contributed by atoms with E-state index in [1.807, 2.05) is 12.1 Å². The summed E-state index contributed by atoms with van der Waals surface area (Å²) >= 11 is 12.0. The summed E-state index contributed by atoms with van der Waals surface area (Å²) in [5, 5.41) is 12.0. The molecule has 5 nitrogen and oxygen atoms in total. The fraction of sp³-hybridized carbons (Fsp3) is 0.136. The van der Waals surface area contributed by atoms with E-state index in [1.54, 1.807) is 37.3 Å². The Balaban J connectivity index is 1.64. The second kappa shape index (κ2) is 7.50. The van der Waals surface area contributed by atoms with Crippen molar-refractivity contribution >= 4 is 34.2 Å². The van der Waals surface area contributed by atoms with Crippen LogP contribution >= 0.6 is 23.2 Å². The van der Waals surface area contributed by atoms with Crippen molar-refractivity contribution in [3.05, 3.63) is 79.6 Å². The van der Waals surface area contributed by atoms with Crippen molar-refractivity contribution in [3.8, 4) is 23.0 Å². The monoisotopic (exact) mass is 430 g/mol. The maximum absolute atomic E-state index is 11.9. The highest BCUT2D eigenvalue weighted by molar-refractivity contribution is 6.34. The molecule has 1 N–H and O–H groups in total. The van der Waals surface area contributed by atoms with Crippen LogP contribution in [0.1, 0.15) is 16.7 Å². The Morgan fingerprint density at radius 2 is 1.69 bits per heavy atom. The summed E-state index contributed by atoms with van der Waals surface area (Å²) in [6, 6.07) is 12.4. The summed E-state index contributed by atoms with van der Waals surface area (Å²) in [6.07, 6.45) is 0. The van der Waals surface area contributed by atoms with Crippen LogP contribution in [-0.2, 0) is 6.61 Å². The van der Waals surface area contributed by atoms with E-state index in [-0.39, 0.29) is 17.1 Å². The number of ether oxygens (including phenoxy) is 1. The number of halogens is 2. The van der Waals surface area contributed by atoms with E-state index in [1.165, 1.54) is 6.92 Å². The fourth-order valence-electron chi connectivity index (χ4n) is 3.04. The maximum atomic E-state index is 11.9. The number of aromatic hydroxyl groups is 1. The molecule has 0 aliphatic rings. The van der Waals surface area contributed by atoms with E-state index in [4.69, 9.17) is 36.8 Å². The van der Waals surface area contributed by atoms with Crippen molar-refractivity contribution in [2.24, 2.45) is 0 Å². The second-order valence-electron chi connectivity index (χ2n) is 6.69. The van der Waals surface area contributed by atoms with Gasteiger partial charge in [-0.05, 0) is 55.8 Å². The molecule has 4 aromatic rings. The Kier molecular flexibility index (Phi) is 5.03. The van der Waals surface area contributed by atoms with Gasteiger partial charge in [-0.25, -0.2) is 4.79 Å². The first kappa shape index (κ1) is 19.4. The third-order valence-electron chi connectivity index (χ3n) is 4.60. The zero-order chi connectivity index (χ0) is 20.7. The minimum Gasteiger partial charge on any atom is -0.507 e. The summed E-state index contributed by atoms with van der Waals surface area (Å²) < 4.78 is 17.0. The lowest BCUT2D eigenvalue weighted by Gasteiger charge is -2.07. The predicted molar refractivity (Wildman–Crippen MR) is 112 cm³/mol. The molecule has 0 amide bonds. The average molecular weight is 431 g/mol. The van der Waals surface area contributed by atoms with Crippen LogP contribution < -0.4 is 10.4 Å². The van der Waals surface area contributed by atoms with Gasteiger partial charge in [0.25, 0.3) is 0 Å². The van der Waals surface area contributed by atoms with Crippen LogP contribution in [0.25, 0.3) is 22.5 Å². The predicted octanol–water partition coefficient (Wildman–Crippen LogP) is 6.26. The first-order valence-electron chi connectivity index (χ1n) is 8.77. The minimum absolute atomic E-state index is 0.0964. The Hall–Kier alpha value is -2.89. The molecule has 0 aliphatic carbocycles. The third kappa shape index (κ3) is 3.84. The summed E-state index contributed by atoms with van der Waals surface area (Å²) in [7, 11) is 0. The first-order valence-corrected chi connectivity index (χ1v) is 9.52. The largest absolute Gasteiger partial charge is 0.507 e. The lowest BCUT2D eigenvalue weighted by molar-refractivity contribution is 0.306. The number of fused-ring (bicyclic) bond motifs is 1. The average Bonchev–Trinajstić information content (AvgIpc) is 3.10. The van der Waals surface area contributed by atoms with Gasteiger partial charge in [-0.1, -0.05) is 23.2 Å². The quantitative estimate of drug-likeness (QED) is 0.413. The molecular weight excluding hydrogens is 415 g/mol. The van der Waals surface area contributed by atoms with Crippen LogP contribution in [0, 0.1) is 13.8 Å². The molecule has 0 radical (unpaired) electrons. The summed E-state index contributed by atoms with van der Waals surface area (Å²) in [5.41, 5.74) is 1.40. The van der Waals surface area contributed by atoms with Gasteiger partial charge in [0.1, 0.15) is 23.7 Å². The van der Waals surface area contributed by atoms with E-state index in [0.717, 1.165) is 10.9 Å². The molecular formula is C22H16Cl2O5. The molecule has 2 heterocycles. The lowest BCUT2D eigenvalue weighted by atomic mass is 10.1. The van der Waals surface area contributed by atoms with Gasteiger partial charge in [0.05, 0.1) is 5.56 Å². The smallest absolute Gasteiger partial charge is 0.343 e. The lowest BCUT2D eigenvalue weighted by Crippen LogP contribution is -2.05. The zero-order valence-corrected chi connectivity index (χ0v) is 17.1. The standard InChI is InChI=1S/C22H16Cl2O5/c1-11-20(25)12(2)22(26)29-21(11)19-7-14-3-4-17(9-18(14)28-19)27-10-13-5-15(23)8-16(24)6-13/h3-9,25H,10H2,1-2H3. The number of hydrogen-bond acceptors (Lipinski definition) is 5. The highest BCUT2D eigenvalue weighted by atomic mass is 35.5. The molecule has 0 aliphatic heterocycles. The molecule has 0 atom stereocenters. The summed E-state index contributed by atoms with van der Waals surface area (Å²) in [6.45, 7) is 3.46. The fourth-order valence-corrected chi connectivity index (χ4v) is 3.61. The van der Waals surface area contributed by atoms with Gasteiger partial charge in [-0.3, -0.25) is 0 Å². The summed E-state index contributed by atoms with van der Waals surface area (Å²) in [5.74, 6) is 1.05. The van der Waals surface area contributed by atoms with Crippen molar-refractivity contribution < 1.29 is 18.7 Å². The normalized spacial score (nSPS) is 11.2. The van der Waals surface area contributed by atoms with Crippen molar-refractivity contribution in [3.63, 3.8) is 0 Å². The molecule has 0 bridgehead atoms. The van der Waals surface area contributed by atoms with Crippen molar-refractivity contribution in [2.45, 2.75) is 20.5 Å². The second-order valence-corrected chi connectivity index (χ2v) is 7.57. The molecule has 4 rings (SSSR count). The van der Waals surface area contributed by atoms with Crippen LogP contribution in [-0.4, -0.2) is 5.11 Å². The van der Waals surface area contributed by atoms with Gasteiger partial charge in [-0.2, -0.15) is 0 Å². The molecule has 148 valence electrons. The van der Waals surface area contributed by atoms with Crippen LogP contribution in [0.2, 0.25) is 10.0 Å². The van der Waals surface area contributed by atoms with Crippen LogP contribution in [0.5, 0.6) is 11.5 Å². The van der Waals surface area contributed by atoms with Gasteiger partial charge in [0.2, 0.25) is 0 Å². The highest BCUT2D eigenvalue weighted by Gasteiger charge is 2.18. The minimum atomic E-state index is -0.604. The van der Waals surface area contributed by atoms with Crippen LogP contribution in [0.4, 0.5) is 0 Å². The van der Waals surface area contributed by atoms with Crippen LogP contribution in [0.15, 0.2) is 56.1 Å². The molecule has 0 unspecified atom stereocenters. The van der Waals surface area contributed by atoms with Crippen molar-refractivity contribution in [1.29, 1.82) is 0 Å². The Morgan fingerprint density at radius 3 is 2.41 bits per heavy atom. The Morgan fingerprint density at radius 1 is 0.966 bits per heavy atom. The van der Waals surface area contributed by atoms with Gasteiger partial charge in [0.15, 0.2) is 11.5 Å². The van der Waals surface area contributed by atoms with E-state index in [9.17, 15) is 9.90 Å². The molecule has 2 aromatic carbocycles. The SMILES string of the molecule is Cc1c(-c2cc3ccc(OCc4cc(Cl)cc(Cl)c4)cc3o2)oc(=O)c(C)c1O. The molecule has 0 spiro atoms. The van der Waals surface area contributed by atoms with Crippen molar-refractivity contribution in [1.82, 2.24) is 0 Å². The van der Waals surface area contributed by atoms with E-state index in [2.05, 4.69) is 0 Å². The Labute approximate surface area is 176 Å². The molecule has 2 aromatic heterocycles. The third-order valence-corrected chi connectivity index (χ3v) is 5.03. The highest BCUT2D eigenvalue weighted by Crippen LogP contribution is 2.34. The van der Waals surface area contributed by atoms with Crippen LogP contribution in [0.3, 0.4) is 0 Å². The number of furan rings is 1. The summed E-state index contributed by atoms with van der Waals surface area (Å²) in [4.78, 5) is 11.9. The topological polar surface area (TPSA) is 72.8 Å². The molecule has 0 fully saturated rings. The number of rotatable bonds is 4. The molecule has 0 saturated heterocycles. The number of benzene rings is 2. The van der Waals surface area contributed by atoms with E-state index >= 15 is 0 Å². The Bertz CT molecular complexity index is 1270.